The lowest BCUT2D eigenvalue weighted by Gasteiger charge is -2.13. The number of nitrogens with one attached hydrogen (secondary N) is 2. The minimum absolute atomic E-state index is 0.00772. The van der Waals surface area contributed by atoms with Crippen molar-refractivity contribution in [1.29, 1.82) is 0 Å². The Labute approximate surface area is 307 Å². The summed E-state index contributed by atoms with van der Waals surface area (Å²) in [7, 11) is 0. The highest BCUT2D eigenvalue weighted by Gasteiger charge is 2.28. The van der Waals surface area contributed by atoms with E-state index in [0.717, 1.165) is 89.9 Å². The molecule has 0 bridgehead atoms. The second kappa shape index (κ2) is 27.3. The van der Waals surface area contributed by atoms with E-state index in [1.165, 1.54) is 0 Å². The zero-order valence-corrected chi connectivity index (χ0v) is 31.4. The summed E-state index contributed by atoms with van der Waals surface area (Å²) in [6.07, 6.45) is 35.8. The van der Waals surface area contributed by atoms with Gasteiger partial charge < -0.3 is 20.8 Å². The minimum atomic E-state index is -0.499. The van der Waals surface area contributed by atoms with Gasteiger partial charge in [-0.15, -0.1) is 0 Å². The maximum atomic E-state index is 12.3. The van der Waals surface area contributed by atoms with E-state index >= 15 is 0 Å². The van der Waals surface area contributed by atoms with Crippen molar-refractivity contribution >= 4 is 23.4 Å². The van der Waals surface area contributed by atoms with Gasteiger partial charge in [-0.1, -0.05) is 113 Å². The molecule has 0 aromatic heterocycles. The van der Waals surface area contributed by atoms with Crippen molar-refractivity contribution in [3.8, 4) is 0 Å². The van der Waals surface area contributed by atoms with E-state index < -0.39 is 12.2 Å². The van der Waals surface area contributed by atoms with Crippen molar-refractivity contribution in [3.63, 3.8) is 0 Å². The normalized spacial score (nSPS) is 21.6. The molecule has 6 atom stereocenters. The molecule has 0 aliphatic heterocycles. The Morgan fingerprint density at radius 2 is 1.08 bits per heavy atom. The molecule has 2 aliphatic carbocycles. The van der Waals surface area contributed by atoms with Crippen LogP contribution in [0.3, 0.4) is 0 Å². The predicted molar refractivity (Wildman–Crippen MR) is 207 cm³/mol. The molecular formula is C43H66N2O6. The predicted octanol–water partition coefficient (Wildman–Crippen LogP) is 7.58. The van der Waals surface area contributed by atoms with Gasteiger partial charge in [-0.3, -0.25) is 19.2 Å². The van der Waals surface area contributed by atoms with Crippen LogP contribution in [0, 0.1) is 23.7 Å². The fourth-order valence-electron chi connectivity index (χ4n) is 6.37. The molecule has 2 aliphatic rings. The Morgan fingerprint density at radius 1 is 0.647 bits per heavy atom. The molecule has 2 rings (SSSR count). The van der Waals surface area contributed by atoms with Crippen LogP contribution in [0.4, 0.5) is 0 Å². The van der Waals surface area contributed by atoms with E-state index in [1.54, 1.807) is 24.3 Å². The Bertz CT molecular complexity index is 1120. The van der Waals surface area contributed by atoms with E-state index in [1.807, 2.05) is 24.3 Å². The van der Waals surface area contributed by atoms with Crippen LogP contribution in [-0.4, -0.2) is 58.9 Å². The molecule has 0 saturated heterocycles. The molecule has 2 amide bonds. The number of hydrogen-bond donors (Lipinski definition) is 4. The molecule has 51 heavy (non-hydrogen) atoms. The maximum Gasteiger partial charge on any atom is 0.220 e. The summed E-state index contributed by atoms with van der Waals surface area (Å²) in [6.45, 7) is 5.31. The number of hydrogen-bond acceptors (Lipinski definition) is 6. The average molecular weight is 707 g/mol. The fraction of sp³-hybridized carbons (Fsp3) is 0.628. The summed E-state index contributed by atoms with van der Waals surface area (Å²) < 4.78 is 0. The molecule has 0 aromatic carbocycles. The second-order valence-electron chi connectivity index (χ2n) is 14.1. The van der Waals surface area contributed by atoms with Crippen molar-refractivity contribution in [1.82, 2.24) is 10.6 Å². The van der Waals surface area contributed by atoms with Crippen LogP contribution >= 0.6 is 0 Å². The molecule has 0 unspecified atom stereocenters. The van der Waals surface area contributed by atoms with Crippen LogP contribution < -0.4 is 10.6 Å². The summed E-state index contributed by atoms with van der Waals surface area (Å²) in [4.78, 5) is 48.9. The van der Waals surface area contributed by atoms with Crippen molar-refractivity contribution in [2.24, 2.45) is 23.7 Å². The highest BCUT2D eigenvalue weighted by molar-refractivity contribution is 5.96. The standard InChI is InChI=1S/C43H66N2O6/c1-3-5-11-20-36(46)26-28-38-34(24-30-40(38)48)18-13-7-9-15-22-42(50)44-32-17-33-45-43(51)23-16-10-8-14-19-35-25-31-41(49)39(35)29-27-37(47)21-12-6-4-2/h7-8,13-14,24-31,34-39,46-47H,3-6,9-12,15-23,32-33H2,1-2H3,(H,44,50)(H,45,51)/b13-7-,14-8-,28-26+,29-27+/t34-,35-,36-,37-,38+,39+/m0/s1. The van der Waals surface area contributed by atoms with Crippen LogP contribution in [-0.2, 0) is 19.2 Å². The van der Waals surface area contributed by atoms with Crippen molar-refractivity contribution in [2.75, 3.05) is 13.1 Å². The number of carbonyl (C=O) groups excluding carboxylic acids is 4. The Hall–Kier alpha value is -3.36. The first kappa shape index (κ1) is 43.8. The van der Waals surface area contributed by atoms with Crippen LogP contribution in [0.15, 0.2) is 72.9 Å². The molecule has 0 spiro atoms. The van der Waals surface area contributed by atoms with E-state index in [4.69, 9.17) is 0 Å². The van der Waals surface area contributed by atoms with Crippen LogP contribution in [0.2, 0.25) is 0 Å². The van der Waals surface area contributed by atoms with E-state index in [0.29, 0.717) is 32.4 Å². The number of unbranched alkanes of at least 4 members (excludes halogenated alkanes) is 6. The lowest BCUT2D eigenvalue weighted by molar-refractivity contribution is -0.121. The summed E-state index contributed by atoms with van der Waals surface area (Å²) in [6, 6.07) is 0. The molecule has 0 saturated carbocycles. The number of amides is 2. The molecule has 8 nitrogen and oxygen atoms in total. The zero-order chi connectivity index (χ0) is 37.1. The number of carbonyl (C=O) groups is 4. The van der Waals surface area contributed by atoms with Crippen molar-refractivity contribution in [3.05, 3.63) is 72.9 Å². The number of ketones is 2. The summed E-state index contributed by atoms with van der Waals surface area (Å²) in [5, 5.41) is 26.1. The Kier molecular flexibility index (Phi) is 23.5. The topological polar surface area (TPSA) is 133 Å². The third-order valence-corrected chi connectivity index (χ3v) is 9.58. The SMILES string of the molecule is CCCCC[C@H](O)/C=C/[C@H]1C(=O)C=C[C@@H]1C/C=C\CCCC(=O)NCCCNC(=O)CCC/C=C\C[C@H]1C=CC(=O)[C@@H]1/C=C/[C@@H](O)CCCCC. The highest BCUT2D eigenvalue weighted by Crippen LogP contribution is 2.29. The van der Waals surface area contributed by atoms with Gasteiger partial charge in [0, 0.05) is 37.8 Å². The van der Waals surface area contributed by atoms with Gasteiger partial charge >= 0.3 is 0 Å². The Balaban J connectivity index is 1.48. The number of aliphatic hydroxyl groups excluding tert-OH is 2. The smallest absolute Gasteiger partial charge is 0.220 e. The lowest BCUT2D eigenvalue weighted by atomic mass is 9.90. The van der Waals surface area contributed by atoms with Gasteiger partial charge in [0.05, 0.1) is 12.2 Å². The number of rotatable bonds is 28. The van der Waals surface area contributed by atoms with Gasteiger partial charge in [-0.05, 0) is 81.8 Å². The first-order chi connectivity index (χ1) is 24.7. The second-order valence-corrected chi connectivity index (χ2v) is 14.1. The lowest BCUT2D eigenvalue weighted by Crippen LogP contribution is -2.29. The number of allylic oxidation sites excluding steroid dienone is 10. The molecule has 0 aromatic rings. The van der Waals surface area contributed by atoms with E-state index in [2.05, 4.69) is 48.8 Å². The molecule has 0 heterocycles. The van der Waals surface area contributed by atoms with Gasteiger partial charge in [-0.2, -0.15) is 0 Å². The van der Waals surface area contributed by atoms with Crippen LogP contribution in [0.25, 0.3) is 0 Å². The summed E-state index contributed by atoms with van der Waals surface area (Å²) >= 11 is 0. The molecular weight excluding hydrogens is 640 g/mol. The van der Waals surface area contributed by atoms with Crippen LogP contribution in [0.1, 0.15) is 123 Å². The summed E-state index contributed by atoms with van der Waals surface area (Å²) in [5.41, 5.74) is 0. The molecule has 0 radical (unpaired) electrons. The third kappa shape index (κ3) is 19.7. The largest absolute Gasteiger partial charge is 0.389 e. The zero-order valence-electron chi connectivity index (χ0n) is 31.4. The summed E-state index contributed by atoms with van der Waals surface area (Å²) in [5.74, 6) is -0.0136. The Morgan fingerprint density at radius 3 is 1.49 bits per heavy atom. The van der Waals surface area contributed by atoms with E-state index in [9.17, 15) is 29.4 Å². The van der Waals surface area contributed by atoms with E-state index in [-0.39, 0.29) is 47.1 Å². The minimum Gasteiger partial charge on any atom is -0.389 e. The van der Waals surface area contributed by atoms with Crippen molar-refractivity contribution < 1.29 is 29.4 Å². The molecule has 4 N–H and O–H groups in total. The monoisotopic (exact) mass is 706 g/mol. The van der Waals surface area contributed by atoms with Gasteiger partial charge in [-0.25, -0.2) is 0 Å². The molecule has 8 heteroatoms. The molecule has 284 valence electrons. The van der Waals surface area contributed by atoms with Gasteiger partial charge in [0.1, 0.15) is 0 Å². The molecule has 0 fully saturated rings. The quantitative estimate of drug-likeness (QED) is 0.0490. The highest BCUT2D eigenvalue weighted by atomic mass is 16.3. The maximum absolute atomic E-state index is 12.3. The fourth-order valence-corrected chi connectivity index (χ4v) is 6.37. The average Bonchev–Trinajstić information content (AvgIpc) is 3.65. The first-order valence-electron chi connectivity index (χ1n) is 19.7. The van der Waals surface area contributed by atoms with Gasteiger partial charge in [0.2, 0.25) is 11.8 Å². The van der Waals surface area contributed by atoms with Gasteiger partial charge in [0.15, 0.2) is 11.6 Å². The first-order valence-corrected chi connectivity index (χ1v) is 19.7. The number of aliphatic hydroxyl groups is 2. The third-order valence-electron chi connectivity index (χ3n) is 9.58. The van der Waals surface area contributed by atoms with Crippen LogP contribution in [0.5, 0.6) is 0 Å². The van der Waals surface area contributed by atoms with Gasteiger partial charge in [0.25, 0.3) is 0 Å². The van der Waals surface area contributed by atoms with Crippen molar-refractivity contribution in [2.45, 2.75) is 135 Å².